The summed E-state index contributed by atoms with van der Waals surface area (Å²) in [4.78, 5) is 29.9. The van der Waals surface area contributed by atoms with Gasteiger partial charge in [0.1, 0.15) is 11.7 Å². The Kier molecular flexibility index (Phi) is 6.41. The first-order chi connectivity index (χ1) is 14.2. The predicted molar refractivity (Wildman–Crippen MR) is 111 cm³/mol. The van der Waals surface area contributed by atoms with Gasteiger partial charge in [0, 0.05) is 24.0 Å². The highest BCUT2D eigenvalue weighted by atomic mass is 16.6. The molecule has 1 saturated heterocycles. The van der Waals surface area contributed by atoms with Gasteiger partial charge in [-0.1, -0.05) is 18.2 Å². The highest BCUT2D eigenvalue weighted by Crippen LogP contribution is 2.35. The van der Waals surface area contributed by atoms with Crippen LogP contribution in [0.25, 0.3) is 0 Å². The first-order valence-corrected chi connectivity index (χ1v) is 10.1. The van der Waals surface area contributed by atoms with Crippen LogP contribution in [0.4, 0.5) is 4.79 Å². The minimum atomic E-state index is -0.975. The number of benzene rings is 1. The Balaban J connectivity index is 1.84. The van der Waals surface area contributed by atoms with E-state index in [1.165, 1.54) is 0 Å². The van der Waals surface area contributed by atoms with Crippen molar-refractivity contribution in [3.8, 4) is 0 Å². The van der Waals surface area contributed by atoms with Gasteiger partial charge in [-0.3, -0.25) is 9.88 Å². The Morgan fingerprint density at radius 2 is 1.90 bits per heavy atom. The molecule has 0 aliphatic carbocycles. The standard InChI is InChI=1S/C23H28N2O5/c1-23(2,3)30-22(29)25-18(13-15-6-8-16(9-7-15)21(27)28)10-11-19(25)20(26)17-5-4-12-24-14-17/h4-9,12,14,18-20,26H,10-11,13H2,1-3H3,(H,27,28)/t18-,19+,20+/m0/s1. The van der Waals surface area contributed by atoms with E-state index in [0.29, 0.717) is 24.8 Å². The van der Waals surface area contributed by atoms with E-state index in [9.17, 15) is 14.7 Å². The number of aliphatic hydroxyl groups is 1. The molecule has 30 heavy (non-hydrogen) atoms. The summed E-state index contributed by atoms with van der Waals surface area (Å²) < 4.78 is 5.64. The lowest BCUT2D eigenvalue weighted by Crippen LogP contribution is -2.47. The number of ether oxygens (including phenoxy) is 1. The highest BCUT2D eigenvalue weighted by molar-refractivity contribution is 5.87. The maximum absolute atomic E-state index is 13.1. The van der Waals surface area contributed by atoms with Gasteiger partial charge in [-0.2, -0.15) is 0 Å². The number of amides is 1. The topological polar surface area (TPSA) is 100.0 Å². The zero-order chi connectivity index (χ0) is 21.9. The molecule has 7 nitrogen and oxygen atoms in total. The number of aliphatic hydroxyl groups excluding tert-OH is 1. The van der Waals surface area contributed by atoms with Crippen molar-refractivity contribution in [2.45, 2.75) is 63.8 Å². The molecule has 1 aromatic carbocycles. The van der Waals surface area contributed by atoms with Crippen LogP contribution >= 0.6 is 0 Å². The Morgan fingerprint density at radius 1 is 1.20 bits per heavy atom. The Morgan fingerprint density at radius 3 is 2.47 bits per heavy atom. The second-order valence-electron chi connectivity index (χ2n) is 8.62. The molecule has 160 valence electrons. The van der Waals surface area contributed by atoms with Gasteiger partial charge in [0.2, 0.25) is 0 Å². The molecule has 0 saturated carbocycles. The quantitative estimate of drug-likeness (QED) is 0.774. The summed E-state index contributed by atoms with van der Waals surface area (Å²) in [6.45, 7) is 5.44. The number of hydrogen-bond donors (Lipinski definition) is 2. The van der Waals surface area contributed by atoms with E-state index in [1.807, 2.05) is 20.8 Å². The van der Waals surface area contributed by atoms with E-state index in [1.54, 1.807) is 53.7 Å². The molecule has 2 heterocycles. The SMILES string of the molecule is CC(C)(C)OC(=O)N1[C@H](Cc2ccc(C(=O)O)cc2)CC[C@@H]1[C@H](O)c1cccnc1. The number of carbonyl (C=O) groups excluding carboxylic acids is 1. The first kappa shape index (κ1) is 21.8. The van der Waals surface area contributed by atoms with Gasteiger partial charge < -0.3 is 14.9 Å². The van der Waals surface area contributed by atoms with Crippen LogP contribution in [0.5, 0.6) is 0 Å². The first-order valence-electron chi connectivity index (χ1n) is 10.1. The fourth-order valence-corrected chi connectivity index (χ4v) is 3.85. The zero-order valence-electron chi connectivity index (χ0n) is 17.5. The van der Waals surface area contributed by atoms with E-state index in [-0.39, 0.29) is 11.6 Å². The molecule has 7 heteroatoms. The van der Waals surface area contributed by atoms with E-state index in [4.69, 9.17) is 9.84 Å². The smallest absolute Gasteiger partial charge is 0.410 e. The maximum atomic E-state index is 13.1. The van der Waals surface area contributed by atoms with Crippen LogP contribution in [0, 0.1) is 0 Å². The largest absolute Gasteiger partial charge is 0.478 e. The molecular weight excluding hydrogens is 384 g/mol. The fraction of sp³-hybridized carbons (Fsp3) is 0.435. The molecular formula is C23H28N2O5. The molecule has 3 atom stereocenters. The Labute approximate surface area is 176 Å². The number of rotatable bonds is 5. The molecule has 0 spiro atoms. The zero-order valence-corrected chi connectivity index (χ0v) is 17.5. The second kappa shape index (κ2) is 8.83. The van der Waals surface area contributed by atoms with Crippen LogP contribution in [-0.4, -0.2) is 49.8 Å². The summed E-state index contributed by atoms with van der Waals surface area (Å²) in [6.07, 6.45) is 3.81. The van der Waals surface area contributed by atoms with Crippen molar-refractivity contribution in [2.75, 3.05) is 0 Å². The van der Waals surface area contributed by atoms with E-state index in [0.717, 1.165) is 5.56 Å². The average molecular weight is 412 g/mol. The number of carboxylic acids is 1. The van der Waals surface area contributed by atoms with Gasteiger partial charge in [0.05, 0.1) is 11.6 Å². The van der Waals surface area contributed by atoms with Crippen LogP contribution < -0.4 is 0 Å². The molecule has 1 fully saturated rings. The van der Waals surface area contributed by atoms with E-state index in [2.05, 4.69) is 4.98 Å². The Hall–Kier alpha value is -2.93. The fourth-order valence-electron chi connectivity index (χ4n) is 3.85. The highest BCUT2D eigenvalue weighted by Gasteiger charge is 2.42. The number of aromatic nitrogens is 1. The molecule has 3 rings (SSSR count). The normalized spacial score (nSPS) is 20.1. The minimum Gasteiger partial charge on any atom is -0.478 e. The number of hydrogen-bond acceptors (Lipinski definition) is 5. The number of carbonyl (C=O) groups is 2. The van der Waals surface area contributed by atoms with Crippen molar-refractivity contribution in [1.82, 2.24) is 9.88 Å². The summed E-state index contributed by atoms with van der Waals surface area (Å²) in [6, 6.07) is 9.62. The van der Waals surface area contributed by atoms with Crippen molar-refractivity contribution >= 4 is 12.1 Å². The number of carboxylic acid groups (broad SMARTS) is 1. The minimum absolute atomic E-state index is 0.160. The molecule has 0 radical (unpaired) electrons. The number of pyridine rings is 1. The van der Waals surface area contributed by atoms with Crippen LogP contribution in [-0.2, 0) is 11.2 Å². The molecule has 1 aromatic heterocycles. The van der Waals surface area contributed by atoms with Gasteiger partial charge in [-0.15, -0.1) is 0 Å². The molecule has 0 unspecified atom stereocenters. The van der Waals surface area contributed by atoms with Gasteiger partial charge in [-0.25, -0.2) is 9.59 Å². The summed E-state index contributed by atoms with van der Waals surface area (Å²) in [5.74, 6) is -0.975. The van der Waals surface area contributed by atoms with Gasteiger partial charge in [-0.05, 0) is 63.8 Å². The van der Waals surface area contributed by atoms with Crippen LogP contribution in [0.2, 0.25) is 0 Å². The Bertz CT molecular complexity index is 877. The molecule has 1 amide bonds. The molecule has 1 aliphatic heterocycles. The monoisotopic (exact) mass is 412 g/mol. The molecule has 2 aromatic rings. The number of aromatic carboxylic acids is 1. The third-order valence-electron chi connectivity index (χ3n) is 5.21. The van der Waals surface area contributed by atoms with E-state index >= 15 is 0 Å². The second-order valence-corrected chi connectivity index (χ2v) is 8.62. The van der Waals surface area contributed by atoms with Gasteiger partial charge >= 0.3 is 12.1 Å². The maximum Gasteiger partial charge on any atom is 0.410 e. The van der Waals surface area contributed by atoms with Crippen molar-refractivity contribution in [1.29, 1.82) is 0 Å². The average Bonchev–Trinajstić information content (AvgIpc) is 3.11. The van der Waals surface area contributed by atoms with Crippen LogP contribution in [0.1, 0.15) is 61.2 Å². The predicted octanol–water partition coefficient (Wildman–Crippen LogP) is 3.82. The lowest BCUT2D eigenvalue weighted by Gasteiger charge is -2.34. The lowest BCUT2D eigenvalue weighted by atomic mass is 10.0. The van der Waals surface area contributed by atoms with Gasteiger partial charge in [0.25, 0.3) is 0 Å². The third-order valence-corrected chi connectivity index (χ3v) is 5.21. The molecule has 1 aliphatic rings. The summed E-state index contributed by atoms with van der Waals surface area (Å²) in [5, 5.41) is 20.0. The lowest BCUT2D eigenvalue weighted by molar-refractivity contribution is -0.00459. The van der Waals surface area contributed by atoms with Crippen molar-refractivity contribution < 1.29 is 24.5 Å². The molecule has 0 bridgehead atoms. The summed E-state index contributed by atoms with van der Waals surface area (Å²) in [5.41, 5.74) is 1.15. The van der Waals surface area contributed by atoms with Crippen LogP contribution in [0.3, 0.4) is 0 Å². The number of nitrogens with zero attached hydrogens (tertiary/aromatic N) is 2. The number of likely N-dealkylation sites (tertiary alicyclic amines) is 1. The van der Waals surface area contributed by atoms with Crippen molar-refractivity contribution in [3.63, 3.8) is 0 Å². The molecule has 2 N–H and O–H groups in total. The third kappa shape index (κ3) is 5.16. The van der Waals surface area contributed by atoms with Crippen LogP contribution in [0.15, 0.2) is 48.8 Å². The summed E-state index contributed by atoms with van der Waals surface area (Å²) >= 11 is 0. The van der Waals surface area contributed by atoms with Gasteiger partial charge in [0.15, 0.2) is 0 Å². The van der Waals surface area contributed by atoms with Crippen molar-refractivity contribution in [2.24, 2.45) is 0 Å². The van der Waals surface area contributed by atoms with E-state index < -0.39 is 29.8 Å². The summed E-state index contributed by atoms with van der Waals surface area (Å²) in [7, 11) is 0. The van der Waals surface area contributed by atoms with Crippen molar-refractivity contribution in [3.05, 3.63) is 65.5 Å².